The zero-order valence-electron chi connectivity index (χ0n) is 21.3. The molecule has 0 fully saturated rings. The summed E-state index contributed by atoms with van der Waals surface area (Å²) in [5.41, 5.74) is 6.37. The predicted molar refractivity (Wildman–Crippen MR) is 169 cm³/mol. The summed E-state index contributed by atoms with van der Waals surface area (Å²) in [7, 11) is 0. The number of hydrogen-bond donors (Lipinski definition) is 0. The number of rotatable bonds is 4. The minimum Gasteiger partial charge on any atom is -0.423 e. The number of aromatic nitrogens is 3. The molecule has 5 aromatic carbocycles. The lowest BCUT2D eigenvalue weighted by atomic mass is 10.1. The molecule has 0 atom stereocenters. The largest absolute Gasteiger partial charge is 0.423 e. The predicted octanol–water partition coefficient (Wildman–Crippen LogP) is 7.20. The molecule has 4 nitrogen and oxygen atoms in total. The van der Waals surface area contributed by atoms with Crippen LogP contribution < -0.4 is 15.9 Å². The van der Waals surface area contributed by atoms with Crippen LogP contribution in [0.4, 0.5) is 0 Å². The van der Waals surface area contributed by atoms with Gasteiger partial charge in [0.1, 0.15) is 11.0 Å². The van der Waals surface area contributed by atoms with E-state index >= 15 is 0 Å². The first kappa shape index (κ1) is 23.3. The van der Waals surface area contributed by atoms with Gasteiger partial charge in [0, 0.05) is 17.0 Å². The maximum atomic E-state index is 6.56. The summed E-state index contributed by atoms with van der Waals surface area (Å²) in [5, 5.41) is 4.51. The number of imidazole rings is 1. The van der Waals surface area contributed by atoms with E-state index in [1.54, 1.807) is 0 Å². The highest BCUT2D eigenvalue weighted by Crippen LogP contribution is 2.43. The van der Waals surface area contributed by atoms with E-state index in [0.717, 1.165) is 49.6 Å². The van der Waals surface area contributed by atoms with E-state index in [2.05, 4.69) is 89.3 Å². The Balaban J connectivity index is 1.38. The molecule has 0 saturated carbocycles. The van der Waals surface area contributed by atoms with E-state index in [1.807, 2.05) is 48.5 Å². The standard InChI is InChI=1S/C34H22N3OPS/c40-39(24-11-3-1-4-12-24,25-13-5-2-6-14-25)26-21-19-23(20-22-26)31-33-32(27-15-7-8-16-28(27)35-31)36-34-37(33)29-17-9-10-18-30(29)38-34/h1-22H. The summed E-state index contributed by atoms with van der Waals surface area (Å²) in [4.78, 5) is 10.1. The van der Waals surface area contributed by atoms with E-state index in [1.165, 1.54) is 10.6 Å². The van der Waals surface area contributed by atoms with Crippen molar-refractivity contribution < 1.29 is 4.42 Å². The fourth-order valence-electron chi connectivity index (χ4n) is 5.62. The molecule has 0 amide bonds. The van der Waals surface area contributed by atoms with Crippen LogP contribution in [-0.4, -0.2) is 14.4 Å². The molecule has 0 aliphatic heterocycles. The summed E-state index contributed by atoms with van der Waals surface area (Å²) in [5.74, 6) is 0.566. The molecule has 3 aromatic heterocycles. The second-order valence-electron chi connectivity index (χ2n) is 9.80. The van der Waals surface area contributed by atoms with Crippen LogP contribution >= 0.6 is 6.04 Å². The lowest BCUT2D eigenvalue weighted by Gasteiger charge is -2.24. The second-order valence-corrected chi connectivity index (χ2v) is 14.2. The Bertz CT molecular complexity index is 2190. The third-order valence-electron chi connectivity index (χ3n) is 7.51. The first-order valence-electron chi connectivity index (χ1n) is 13.1. The topological polar surface area (TPSA) is 43.3 Å². The highest BCUT2D eigenvalue weighted by Gasteiger charge is 2.25. The lowest BCUT2D eigenvalue weighted by Crippen LogP contribution is -2.24. The number of para-hydroxylation sites is 3. The van der Waals surface area contributed by atoms with Gasteiger partial charge in [-0.1, -0.05) is 127 Å². The molecular weight excluding hydrogens is 529 g/mol. The fourth-order valence-corrected chi connectivity index (χ4v) is 9.37. The second kappa shape index (κ2) is 8.99. The van der Waals surface area contributed by atoms with Crippen molar-refractivity contribution in [1.29, 1.82) is 0 Å². The van der Waals surface area contributed by atoms with Crippen LogP contribution in [0.25, 0.3) is 50.1 Å². The fraction of sp³-hybridized carbons (Fsp3) is 0. The Morgan fingerprint density at radius 2 is 1.20 bits per heavy atom. The SMILES string of the molecule is S=P(c1ccccc1)(c1ccccc1)c1ccc(-c2nc3ccccc3c3nc4oc5ccccc5n4c23)cc1. The summed E-state index contributed by atoms with van der Waals surface area (Å²) in [6, 6.07) is 43.6. The van der Waals surface area contributed by atoms with Gasteiger partial charge in [0.15, 0.2) is 5.58 Å². The number of hydrogen-bond acceptors (Lipinski definition) is 4. The van der Waals surface area contributed by atoms with Gasteiger partial charge in [-0.15, -0.1) is 0 Å². The molecule has 0 bridgehead atoms. The van der Waals surface area contributed by atoms with Crippen molar-refractivity contribution >= 4 is 72.6 Å². The maximum absolute atomic E-state index is 6.56. The van der Waals surface area contributed by atoms with Crippen molar-refractivity contribution in [2.24, 2.45) is 0 Å². The Hall–Kier alpha value is -4.57. The van der Waals surface area contributed by atoms with E-state index in [0.29, 0.717) is 5.84 Å². The van der Waals surface area contributed by atoms with E-state index in [4.69, 9.17) is 26.2 Å². The van der Waals surface area contributed by atoms with E-state index in [-0.39, 0.29) is 0 Å². The van der Waals surface area contributed by atoms with Gasteiger partial charge in [-0.2, -0.15) is 4.98 Å². The third kappa shape index (κ3) is 3.42. The molecule has 6 heteroatoms. The van der Waals surface area contributed by atoms with Crippen LogP contribution in [0.3, 0.4) is 0 Å². The monoisotopic (exact) mass is 551 g/mol. The molecule has 8 aromatic rings. The Kier molecular flexibility index (Phi) is 5.24. The molecule has 0 aliphatic carbocycles. The van der Waals surface area contributed by atoms with Crippen LogP contribution in [0.5, 0.6) is 0 Å². The van der Waals surface area contributed by atoms with Crippen molar-refractivity contribution in [3.63, 3.8) is 0 Å². The molecule has 40 heavy (non-hydrogen) atoms. The number of benzene rings is 5. The molecular formula is C34H22N3OPS. The summed E-state index contributed by atoms with van der Waals surface area (Å²) >= 11 is 6.56. The lowest BCUT2D eigenvalue weighted by molar-refractivity contribution is 0.643. The van der Waals surface area contributed by atoms with Gasteiger partial charge in [0.05, 0.1) is 16.7 Å². The van der Waals surface area contributed by atoms with Gasteiger partial charge in [-0.25, -0.2) is 4.98 Å². The molecule has 0 radical (unpaired) electrons. The molecule has 0 aliphatic rings. The average Bonchev–Trinajstić information content (AvgIpc) is 3.58. The van der Waals surface area contributed by atoms with E-state index < -0.39 is 6.04 Å². The molecule has 0 spiro atoms. The molecule has 190 valence electrons. The van der Waals surface area contributed by atoms with Crippen LogP contribution in [0.15, 0.2) is 138 Å². The first-order valence-corrected chi connectivity index (χ1v) is 15.9. The van der Waals surface area contributed by atoms with Gasteiger partial charge in [-0.3, -0.25) is 4.40 Å². The molecule has 0 N–H and O–H groups in total. The third-order valence-corrected chi connectivity index (χ3v) is 12.5. The number of oxazole rings is 1. The van der Waals surface area contributed by atoms with Gasteiger partial charge in [0.2, 0.25) is 0 Å². The molecule has 8 rings (SSSR count). The maximum Gasteiger partial charge on any atom is 0.307 e. The molecule has 0 unspecified atom stereocenters. The number of nitrogens with zero attached hydrogens (tertiary/aromatic N) is 3. The van der Waals surface area contributed by atoms with Crippen molar-refractivity contribution in [2.45, 2.75) is 0 Å². The van der Waals surface area contributed by atoms with Crippen LogP contribution in [0.2, 0.25) is 0 Å². The van der Waals surface area contributed by atoms with Gasteiger partial charge >= 0.3 is 5.84 Å². The number of fused-ring (bicyclic) bond motifs is 7. The highest BCUT2D eigenvalue weighted by molar-refractivity contribution is 8.25. The summed E-state index contributed by atoms with van der Waals surface area (Å²) < 4.78 is 8.24. The average molecular weight is 552 g/mol. The molecule has 3 heterocycles. The zero-order valence-corrected chi connectivity index (χ0v) is 23.0. The van der Waals surface area contributed by atoms with Gasteiger partial charge < -0.3 is 4.42 Å². The summed E-state index contributed by atoms with van der Waals surface area (Å²) in [6.45, 7) is 0. The number of pyridine rings is 1. The quantitative estimate of drug-likeness (QED) is 0.217. The van der Waals surface area contributed by atoms with Crippen LogP contribution in [-0.2, 0) is 11.8 Å². The molecule has 0 saturated heterocycles. The highest BCUT2D eigenvalue weighted by atomic mass is 32.4. The van der Waals surface area contributed by atoms with Crippen molar-refractivity contribution in [3.05, 3.63) is 133 Å². The van der Waals surface area contributed by atoms with Crippen molar-refractivity contribution in [2.75, 3.05) is 0 Å². The Morgan fingerprint density at radius 1 is 0.600 bits per heavy atom. The van der Waals surface area contributed by atoms with Crippen molar-refractivity contribution in [1.82, 2.24) is 14.4 Å². The van der Waals surface area contributed by atoms with Gasteiger partial charge in [0.25, 0.3) is 0 Å². The van der Waals surface area contributed by atoms with E-state index in [9.17, 15) is 0 Å². The Morgan fingerprint density at radius 3 is 1.93 bits per heavy atom. The zero-order chi connectivity index (χ0) is 26.7. The van der Waals surface area contributed by atoms with Crippen LogP contribution in [0.1, 0.15) is 0 Å². The first-order chi connectivity index (χ1) is 19.7. The minimum absolute atomic E-state index is 0.566. The van der Waals surface area contributed by atoms with Crippen LogP contribution in [0, 0.1) is 0 Å². The minimum atomic E-state index is -2.24. The smallest absolute Gasteiger partial charge is 0.307 e. The van der Waals surface area contributed by atoms with Crippen molar-refractivity contribution in [3.8, 4) is 11.3 Å². The normalized spacial score (nSPS) is 12.1. The summed E-state index contributed by atoms with van der Waals surface area (Å²) in [6.07, 6.45) is 0. The Labute approximate surface area is 235 Å². The van der Waals surface area contributed by atoms with Gasteiger partial charge in [-0.05, 0) is 34.1 Å².